The molecule has 3 rings (SSSR count). The van der Waals surface area contributed by atoms with Crippen molar-refractivity contribution in [3.63, 3.8) is 0 Å². The van der Waals surface area contributed by atoms with Crippen LogP contribution in [0.5, 0.6) is 0 Å². The van der Waals surface area contributed by atoms with Crippen LogP contribution in [0.2, 0.25) is 0 Å². The first-order valence-electron chi connectivity index (χ1n) is 7.77. The van der Waals surface area contributed by atoms with Gasteiger partial charge in [0.1, 0.15) is 6.73 Å². The number of aromatic nitrogens is 2. The van der Waals surface area contributed by atoms with E-state index in [1.165, 1.54) is 16.7 Å². The third kappa shape index (κ3) is 6.98. The summed E-state index contributed by atoms with van der Waals surface area (Å²) in [4.78, 5) is 38.4. The number of methoxy groups -OCH3 is 1. The second-order valence-electron chi connectivity index (χ2n) is 5.42. The Hall–Kier alpha value is -0.560. The number of hydrogen-bond acceptors (Lipinski definition) is 8. The van der Waals surface area contributed by atoms with Gasteiger partial charge in [-0.2, -0.15) is 0 Å². The predicted molar refractivity (Wildman–Crippen MR) is 95.6 cm³/mol. The number of imidazole rings is 1. The Balaban J connectivity index is 0.00000225. The number of nitrogens with zero attached hydrogens (tertiary/aromatic N) is 2. The van der Waals surface area contributed by atoms with Crippen LogP contribution in [0.3, 0.4) is 0 Å². The van der Waals surface area contributed by atoms with Crippen molar-refractivity contribution < 1.29 is 91.7 Å². The molecule has 1 aromatic heterocycles. The second kappa shape index (κ2) is 11.9. The first-order chi connectivity index (χ1) is 13.3. The molecule has 0 fully saturated rings. The third-order valence-electron chi connectivity index (χ3n) is 3.64. The van der Waals surface area contributed by atoms with Crippen molar-refractivity contribution in [2.45, 2.75) is 16.5 Å². The van der Waals surface area contributed by atoms with Crippen molar-refractivity contribution in [3.8, 4) is 0 Å². The maximum Gasteiger partial charge on any atom is 1.00 e. The van der Waals surface area contributed by atoms with Crippen LogP contribution < -0.4 is 74.2 Å². The fourth-order valence-electron chi connectivity index (χ4n) is 2.40. The van der Waals surface area contributed by atoms with E-state index in [0.717, 1.165) is 7.11 Å². The van der Waals surface area contributed by atoms with Gasteiger partial charge in [0.2, 0.25) is 5.95 Å². The molecule has 3 aromatic rings. The predicted octanol–water partition coefficient (Wildman–Crippen LogP) is -4.81. The van der Waals surface area contributed by atoms with Gasteiger partial charge < -0.3 is 23.6 Å². The summed E-state index contributed by atoms with van der Waals surface area (Å²) < 4.78 is 33.5. The van der Waals surface area contributed by atoms with Crippen molar-refractivity contribution in [2.75, 3.05) is 12.4 Å². The normalized spacial score (nSPS) is 11.8. The number of amides is 1. The Morgan fingerprint density at radius 3 is 2.43 bits per heavy atom. The van der Waals surface area contributed by atoms with Crippen LogP contribution >= 0.6 is 7.82 Å². The molecule has 0 radical (unpaired) electrons. The minimum absolute atomic E-state index is 0. The van der Waals surface area contributed by atoms with Gasteiger partial charge in [-0.15, -0.1) is 0 Å². The molecule has 0 aliphatic rings. The van der Waals surface area contributed by atoms with Crippen LogP contribution in [0.25, 0.3) is 11.0 Å². The molecule has 1 N–H and O–H groups in total. The van der Waals surface area contributed by atoms with Crippen LogP contribution in [0.4, 0.5) is 10.7 Å². The summed E-state index contributed by atoms with van der Waals surface area (Å²) in [6.07, 6.45) is -0.850. The van der Waals surface area contributed by atoms with Crippen LogP contribution in [0, 0.1) is 0 Å². The molecule has 10 nitrogen and oxygen atoms in total. The van der Waals surface area contributed by atoms with Gasteiger partial charge in [0.25, 0.3) is 0 Å². The van der Waals surface area contributed by atoms with Gasteiger partial charge in [-0.05, 0) is 30.3 Å². The van der Waals surface area contributed by atoms with Gasteiger partial charge in [-0.1, -0.05) is 18.2 Å². The molecule has 0 saturated carbocycles. The zero-order valence-electron chi connectivity index (χ0n) is 16.4. The Bertz CT molecular complexity index is 1090. The zero-order chi connectivity index (χ0) is 20.3. The zero-order valence-corrected chi connectivity index (χ0v) is 22.1. The van der Waals surface area contributed by atoms with Crippen molar-refractivity contribution in [2.24, 2.45) is 0 Å². The number of hydrogen-bond donors (Lipinski definition) is 1. The quantitative estimate of drug-likeness (QED) is 0.280. The van der Waals surface area contributed by atoms with E-state index in [1.54, 1.807) is 36.4 Å². The summed E-state index contributed by atoms with van der Waals surface area (Å²) in [5.74, 6) is -0.0991. The van der Waals surface area contributed by atoms with Gasteiger partial charge in [0, 0.05) is 9.79 Å². The fourth-order valence-corrected chi connectivity index (χ4v) is 3.75. The van der Waals surface area contributed by atoms with Gasteiger partial charge in [0.15, 0.2) is 0 Å². The van der Waals surface area contributed by atoms with E-state index in [2.05, 4.69) is 19.6 Å². The standard InChI is InChI=1S/C16H16N3O7PS.2Na/c1-25-16(20)18-15-17-13-9-12(28(24)11-5-3-2-4-6-11)7-8-14(13)19(15)10-26-27(21,22)23;;/h2-9H,10H2,1H3,(H,17,18,20)(H2,21,22,23);;/q;2*+1/p-2. The van der Waals surface area contributed by atoms with Crippen LogP contribution in [0.1, 0.15) is 0 Å². The topological polar surface area (TPSA) is 146 Å². The molecular formula is C16H14N3Na2O7PS. The van der Waals surface area contributed by atoms with Crippen molar-refractivity contribution >= 4 is 41.7 Å². The second-order valence-corrected chi connectivity index (χ2v) is 8.05. The number of phosphoric ester groups is 1. The molecule has 0 aliphatic heterocycles. The van der Waals surface area contributed by atoms with Crippen LogP contribution in [-0.2, 0) is 31.4 Å². The minimum Gasteiger partial charge on any atom is -0.790 e. The van der Waals surface area contributed by atoms with Gasteiger partial charge in [-0.3, -0.25) is 9.88 Å². The molecule has 0 spiro atoms. The average molecular weight is 469 g/mol. The molecule has 148 valence electrons. The Morgan fingerprint density at radius 1 is 1.17 bits per heavy atom. The monoisotopic (exact) mass is 469 g/mol. The molecule has 30 heavy (non-hydrogen) atoms. The molecule has 1 heterocycles. The van der Waals surface area contributed by atoms with E-state index in [1.807, 2.05) is 0 Å². The van der Waals surface area contributed by atoms with Crippen molar-refractivity contribution in [3.05, 3.63) is 48.5 Å². The largest absolute Gasteiger partial charge is 1.00 e. The van der Waals surface area contributed by atoms with Crippen molar-refractivity contribution in [1.82, 2.24) is 9.55 Å². The maximum atomic E-state index is 12.7. The smallest absolute Gasteiger partial charge is 0.790 e. The summed E-state index contributed by atoms with van der Waals surface area (Å²) >= 11 is 0. The summed E-state index contributed by atoms with van der Waals surface area (Å²) in [7, 11) is -5.58. The van der Waals surface area contributed by atoms with E-state index in [-0.39, 0.29) is 65.1 Å². The van der Waals surface area contributed by atoms with E-state index < -0.39 is 31.4 Å². The van der Waals surface area contributed by atoms with Crippen LogP contribution in [0.15, 0.2) is 58.3 Å². The number of rotatable bonds is 6. The number of ether oxygens (including phenoxy) is 1. The number of phosphoric acid groups is 1. The summed E-state index contributed by atoms with van der Waals surface area (Å²) in [5, 5.41) is 2.31. The van der Waals surface area contributed by atoms with Gasteiger partial charge >= 0.3 is 65.2 Å². The number of benzene rings is 2. The minimum atomic E-state index is -5.25. The summed E-state index contributed by atoms with van der Waals surface area (Å²) in [6.45, 7) is -0.693. The number of carbonyl (C=O) groups is 1. The Morgan fingerprint density at radius 2 is 1.83 bits per heavy atom. The molecule has 0 bridgehead atoms. The first-order valence-corrected chi connectivity index (χ1v) is 10.4. The molecule has 1 unspecified atom stereocenters. The van der Waals surface area contributed by atoms with E-state index in [4.69, 9.17) is 0 Å². The fraction of sp³-hybridized carbons (Fsp3) is 0.125. The molecule has 2 aromatic carbocycles. The van der Waals surface area contributed by atoms with Crippen molar-refractivity contribution in [1.29, 1.82) is 0 Å². The molecule has 0 saturated heterocycles. The number of fused-ring (bicyclic) bond motifs is 1. The third-order valence-corrected chi connectivity index (χ3v) is 5.45. The Labute approximate surface area is 218 Å². The van der Waals surface area contributed by atoms with Gasteiger partial charge in [0.05, 0.1) is 36.8 Å². The SMILES string of the molecule is COC(=O)Nc1nc2cc(S(=O)c3ccccc3)ccc2n1COP(=O)([O-])[O-].[Na+].[Na+]. The van der Waals surface area contributed by atoms with E-state index in [9.17, 15) is 23.4 Å². The molecule has 1 amide bonds. The van der Waals surface area contributed by atoms with E-state index >= 15 is 0 Å². The maximum absolute atomic E-state index is 12.7. The molecule has 14 heteroatoms. The van der Waals surface area contributed by atoms with E-state index in [0.29, 0.717) is 20.8 Å². The first kappa shape index (κ1) is 27.5. The number of anilines is 1. The molecule has 0 aliphatic carbocycles. The van der Waals surface area contributed by atoms with Gasteiger partial charge in [-0.25, -0.2) is 14.0 Å². The average Bonchev–Trinajstić information content (AvgIpc) is 3.01. The molecule has 1 atom stereocenters. The summed E-state index contributed by atoms with van der Waals surface area (Å²) in [5.41, 5.74) is 0.664. The summed E-state index contributed by atoms with van der Waals surface area (Å²) in [6, 6.07) is 13.4. The molecular weight excluding hydrogens is 455 g/mol. The van der Waals surface area contributed by atoms with Crippen LogP contribution in [-0.4, -0.2) is 27.0 Å². The Kier molecular flexibility index (Phi) is 10.9. The number of carbonyl (C=O) groups excluding carboxylic acids is 1. The number of nitrogens with one attached hydrogen (secondary N) is 1.